The Hall–Kier alpha value is -1.62. The molecule has 5 heteroatoms. The second kappa shape index (κ2) is 5.64. The number of nitrogens with one attached hydrogen (secondary N) is 1. The molecule has 2 aromatic rings. The van der Waals surface area contributed by atoms with E-state index in [0.29, 0.717) is 5.69 Å². The number of hydrogen-bond donors (Lipinski definition) is 1. The highest BCUT2D eigenvalue weighted by atomic mass is 79.9. The number of aryl methyl sites for hydroxylation is 2. The zero-order valence-corrected chi connectivity index (χ0v) is 13.8. The number of amides is 1. The molecule has 1 aromatic heterocycles. The lowest BCUT2D eigenvalue weighted by atomic mass is 9.88. The molecule has 0 aliphatic heterocycles. The smallest absolute Gasteiger partial charge is 0.273 e. The van der Waals surface area contributed by atoms with Gasteiger partial charge in [0.25, 0.3) is 5.91 Å². The molecular formula is C16H18BrN3O. The van der Waals surface area contributed by atoms with Crippen LogP contribution in [0, 0.1) is 6.92 Å². The third-order valence-electron chi connectivity index (χ3n) is 4.15. The minimum Gasteiger partial charge on any atom is -0.344 e. The molecule has 1 heterocycles. The maximum atomic E-state index is 12.5. The molecule has 1 atom stereocenters. The fourth-order valence-corrected chi connectivity index (χ4v) is 3.37. The first kappa shape index (κ1) is 14.3. The van der Waals surface area contributed by atoms with Crippen LogP contribution in [0.1, 0.15) is 46.2 Å². The molecule has 0 fully saturated rings. The van der Waals surface area contributed by atoms with Gasteiger partial charge in [0.2, 0.25) is 0 Å². The number of carbonyl (C=O) groups is 1. The van der Waals surface area contributed by atoms with Crippen LogP contribution in [0.4, 0.5) is 0 Å². The standard InChI is InChI=1S/C16H18BrN3O/c1-10-14(17)15(19-20(10)2)16(21)18-13-9-5-7-11-6-3-4-8-12(11)13/h3-4,6,8,13H,5,7,9H2,1-2H3,(H,18,21). The third-order valence-corrected chi connectivity index (χ3v) is 5.10. The van der Waals surface area contributed by atoms with Crippen molar-refractivity contribution in [2.45, 2.75) is 32.2 Å². The summed E-state index contributed by atoms with van der Waals surface area (Å²) in [6.45, 7) is 1.93. The number of rotatable bonds is 2. The van der Waals surface area contributed by atoms with Crippen molar-refractivity contribution in [1.82, 2.24) is 15.1 Å². The van der Waals surface area contributed by atoms with Crippen molar-refractivity contribution in [3.63, 3.8) is 0 Å². The lowest BCUT2D eigenvalue weighted by Crippen LogP contribution is -2.31. The first-order chi connectivity index (χ1) is 10.1. The minimum atomic E-state index is -0.118. The summed E-state index contributed by atoms with van der Waals surface area (Å²) in [5, 5.41) is 7.42. The highest BCUT2D eigenvalue weighted by Crippen LogP contribution is 2.30. The molecule has 0 spiro atoms. The van der Waals surface area contributed by atoms with Crippen LogP contribution < -0.4 is 5.32 Å². The molecule has 110 valence electrons. The van der Waals surface area contributed by atoms with Gasteiger partial charge in [0, 0.05) is 7.05 Å². The predicted molar refractivity (Wildman–Crippen MR) is 85.2 cm³/mol. The number of benzene rings is 1. The van der Waals surface area contributed by atoms with Crippen molar-refractivity contribution in [2.24, 2.45) is 7.05 Å². The number of nitrogens with zero attached hydrogens (tertiary/aromatic N) is 2. The quantitative estimate of drug-likeness (QED) is 0.905. The van der Waals surface area contributed by atoms with Crippen molar-refractivity contribution in [3.05, 3.63) is 51.3 Å². The Bertz CT molecular complexity index is 693. The fourth-order valence-electron chi connectivity index (χ4n) is 2.86. The number of fused-ring (bicyclic) bond motifs is 1. The molecule has 4 nitrogen and oxygen atoms in total. The number of carbonyl (C=O) groups excluding carboxylic acids is 1. The summed E-state index contributed by atoms with van der Waals surface area (Å²) in [6, 6.07) is 8.43. The van der Waals surface area contributed by atoms with Crippen LogP contribution in [-0.4, -0.2) is 15.7 Å². The Morgan fingerprint density at radius 3 is 2.90 bits per heavy atom. The summed E-state index contributed by atoms with van der Waals surface area (Å²) in [5.74, 6) is -0.118. The van der Waals surface area contributed by atoms with E-state index >= 15 is 0 Å². The summed E-state index contributed by atoms with van der Waals surface area (Å²) >= 11 is 3.45. The molecule has 1 aliphatic rings. The Balaban J connectivity index is 1.84. The van der Waals surface area contributed by atoms with E-state index in [1.54, 1.807) is 4.68 Å². The Labute approximate surface area is 132 Å². The van der Waals surface area contributed by atoms with E-state index in [-0.39, 0.29) is 11.9 Å². The molecule has 1 unspecified atom stereocenters. The number of halogens is 1. The largest absolute Gasteiger partial charge is 0.344 e. The third kappa shape index (κ3) is 2.62. The molecule has 3 rings (SSSR count). The molecule has 1 N–H and O–H groups in total. The maximum Gasteiger partial charge on any atom is 0.273 e. The second-order valence-corrected chi connectivity index (χ2v) is 6.28. The highest BCUT2D eigenvalue weighted by molar-refractivity contribution is 9.10. The lowest BCUT2D eigenvalue weighted by Gasteiger charge is -2.26. The Kier molecular flexibility index (Phi) is 3.85. The van der Waals surface area contributed by atoms with Crippen LogP contribution in [0.3, 0.4) is 0 Å². The molecule has 0 bridgehead atoms. The van der Waals surface area contributed by atoms with Gasteiger partial charge in [0.05, 0.1) is 16.2 Å². The minimum absolute atomic E-state index is 0.0802. The van der Waals surface area contributed by atoms with Crippen molar-refractivity contribution < 1.29 is 4.79 Å². The van der Waals surface area contributed by atoms with Crippen molar-refractivity contribution in [3.8, 4) is 0 Å². The molecule has 0 radical (unpaired) electrons. The first-order valence-corrected chi connectivity index (χ1v) is 7.95. The summed E-state index contributed by atoms with van der Waals surface area (Å²) in [7, 11) is 1.84. The first-order valence-electron chi connectivity index (χ1n) is 7.15. The van der Waals surface area contributed by atoms with E-state index < -0.39 is 0 Å². The molecular weight excluding hydrogens is 330 g/mol. The van der Waals surface area contributed by atoms with Crippen LogP contribution in [0.5, 0.6) is 0 Å². The molecule has 1 amide bonds. The summed E-state index contributed by atoms with van der Waals surface area (Å²) in [4.78, 5) is 12.5. The zero-order chi connectivity index (χ0) is 15.0. The van der Waals surface area contributed by atoms with E-state index in [1.165, 1.54) is 11.1 Å². The molecule has 21 heavy (non-hydrogen) atoms. The zero-order valence-electron chi connectivity index (χ0n) is 12.2. The van der Waals surface area contributed by atoms with Crippen molar-refractivity contribution in [1.29, 1.82) is 0 Å². The maximum absolute atomic E-state index is 12.5. The Morgan fingerprint density at radius 1 is 1.43 bits per heavy atom. The van der Waals surface area contributed by atoms with Gasteiger partial charge in [-0.05, 0) is 53.2 Å². The van der Waals surface area contributed by atoms with Gasteiger partial charge in [-0.3, -0.25) is 9.48 Å². The molecule has 1 aliphatic carbocycles. The SMILES string of the molecule is Cc1c(Br)c(C(=O)NC2CCCc3ccccc32)nn1C. The molecule has 0 saturated carbocycles. The van der Waals surface area contributed by atoms with Crippen LogP contribution in [0.2, 0.25) is 0 Å². The van der Waals surface area contributed by atoms with Crippen molar-refractivity contribution in [2.75, 3.05) is 0 Å². The normalized spacial score (nSPS) is 17.4. The van der Waals surface area contributed by atoms with Gasteiger partial charge >= 0.3 is 0 Å². The van der Waals surface area contributed by atoms with Gasteiger partial charge in [-0.25, -0.2) is 0 Å². The van der Waals surface area contributed by atoms with Crippen LogP contribution in [0.15, 0.2) is 28.7 Å². The summed E-state index contributed by atoms with van der Waals surface area (Å²) in [5.41, 5.74) is 3.98. The van der Waals surface area contributed by atoms with Crippen LogP contribution in [0.25, 0.3) is 0 Å². The second-order valence-electron chi connectivity index (χ2n) is 5.49. The summed E-state index contributed by atoms with van der Waals surface area (Å²) < 4.78 is 2.49. The van der Waals surface area contributed by atoms with Gasteiger partial charge in [0.1, 0.15) is 0 Å². The molecule has 1 aromatic carbocycles. The van der Waals surface area contributed by atoms with Gasteiger partial charge in [-0.15, -0.1) is 0 Å². The molecule has 0 saturated heterocycles. The van der Waals surface area contributed by atoms with Gasteiger partial charge in [-0.1, -0.05) is 24.3 Å². The predicted octanol–water partition coefficient (Wildman–Crippen LogP) is 3.30. The van der Waals surface area contributed by atoms with Crippen molar-refractivity contribution >= 4 is 21.8 Å². The van der Waals surface area contributed by atoms with Gasteiger partial charge < -0.3 is 5.32 Å². The average molecular weight is 348 g/mol. The lowest BCUT2D eigenvalue weighted by molar-refractivity contribution is 0.0926. The fraction of sp³-hybridized carbons (Fsp3) is 0.375. The monoisotopic (exact) mass is 347 g/mol. The average Bonchev–Trinajstić information content (AvgIpc) is 2.75. The van der Waals surface area contributed by atoms with Gasteiger partial charge in [-0.2, -0.15) is 5.10 Å². The number of hydrogen-bond acceptors (Lipinski definition) is 2. The number of aromatic nitrogens is 2. The highest BCUT2D eigenvalue weighted by Gasteiger charge is 2.24. The van der Waals surface area contributed by atoms with E-state index in [2.05, 4.69) is 44.5 Å². The van der Waals surface area contributed by atoms with Crippen LogP contribution >= 0.6 is 15.9 Å². The topological polar surface area (TPSA) is 46.9 Å². The van der Waals surface area contributed by atoms with Crippen LogP contribution in [-0.2, 0) is 13.5 Å². The van der Waals surface area contributed by atoms with E-state index in [1.807, 2.05) is 20.0 Å². The van der Waals surface area contributed by atoms with E-state index in [9.17, 15) is 4.79 Å². The van der Waals surface area contributed by atoms with E-state index in [4.69, 9.17) is 0 Å². The van der Waals surface area contributed by atoms with Gasteiger partial charge in [0.15, 0.2) is 5.69 Å². The summed E-state index contributed by atoms with van der Waals surface area (Å²) in [6.07, 6.45) is 3.17. The van der Waals surface area contributed by atoms with E-state index in [0.717, 1.165) is 29.4 Å². The Morgan fingerprint density at radius 2 is 2.19 bits per heavy atom.